The Morgan fingerprint density at radius 2 is 1.80 bits per heavy atom. The standard InChI is InChI=1S/C28H37N9O4/c1-6-36-19-10-9-17(25(38)31-12-8-13-32-27(40)41-28(3,4)5)15-20(19)37(7-2)21(36)16-33-26(39)22-23(29)35-24-18(34-22)11-14-30-24/h9-11,14-15H,6-8,12-13,16H2,1-5H3,(H5-,29,30,31,32,33,34,35,38,39,40)/p+1. The number of aromatic amines is 1. The van der Waals surface area contributed by atoms with Crippen molar-refractivity contribution in [3.8, 4) is 0 Å². The van der Waals surface area contributed by atoms with Gasteiger partial charge in [-0.05, 0) is 59.2 Å². The van der Waals surface area contributed by atoms with Crippen LogP contribution in [0.15, 0.2) is 30.5 Å². The third-order valence-corrected chi connectivity index (χ3v) is 6.42. The van der Waals surface area contributed by atoms with Crippen molar-refractivity contribution in [1.29, 1.82) is 0 Å². The van der Waals surface area contributed by atoms with Gasteiger partial charge in [0.15, 0.2) is 28.2 Å². The molecular formula is C28H38N9O4+. The number of benzene rings is 1. The fourth-order valence-corrected chi connectivity index (χ4v) is 4.62. The average molecular weight is 565 g/mol. The number of carbonyl (C=O) groups is 3. The molecule has 3 aromatic heterocycles. The first-order chi connectivity index (χ1) is 19.5. The Balaban J connectivity index is 1.44. The Bertz CT molecular complexity index is 1580. The van der Waals surface area contributed by atoms with Crippen LogP contribution in [-0.4, -0.2) is 56.1 Å². The Morgan fingerprint density at radius 3 is 2.51 bits per heavy atom. The lowest BCUT2D eigenvalue weighted by molar-refractivity contribution is -0.676. The number of hydrogen-bond donors (Lipinski definition) is 5. The quantitative estimate of drug-likeness (QED) is 0.145. The number of nitrogens with one attached hydrogen (secondary N) is 4. The summed E-state index contributed by atoms with van der Waals surface area (Å²) in [6.45, 7) is 11.8. The first-order valence-electron chi connectivity index (χ1n) is 13.7. The number of nitrogens with zero attached hydrogens (tertiary/aromatic N) is 4. The van der Waals surface area contributed by atoms with E-state index in [0.29, 0.717) is 49.3 Å². The number of anilines is 1. The van der Waals surface area contributed by atoms with E-state index >= 15 is 0 Å². The number of alkyl carbamates (subject to hydrolysis) is 1. The van der Waals surface area contributed by atoms with E-state index in [-0.39, 0.29) is 24.0 Å². The molecule has 0 aliphatic rings. The van der Waals surface area contributed by atoms with Crippen LogP contribution in [-0.2, 0) is 24.4 Å². The van der Waals surface area contributed by atoms with Gasteiger partial charge in [0.25, 0.3) is 17.6 Å². The molecule has 0 aliphatic carbocycles. The minimum absolute atomic E-state index is 0.0492. The molecule has 4 rings (SSSR count). The molecule has 218 valence electrons. The monoisotopic (exact) mass is 564 g/mol. The molecule has 3 heterocycles. The summed E-state index contributed by atoms with van der Waals surface area (Å²) in [7, 11) is 0. The summed E-state index contributed by atoms with van der Waals surface area (Å²) < 4.78 is 9.39. The molecule has 13 heteroatoms. The first-order valence-corrected chi connectivity index (χ1v) is 13.7. The van der Waals surface area contributed by atoms with Crippen molar-refractivity contribution in [2.75, 3.05) is 18.8 Å². The van der Waals surface area contributed by atoms with Crippen molar-refractivity contribution in [3.05, 3.63) is 47.5 Å². The molecule has 0 spiro atoms. The molecule has 0 saturated heterocycles. The number of rotatable bonds is 10. The van der Waals surface area contributed by atoms with Gasteiger partial charge in [0.05, 0.1) is 13.1 Å². The van der Waals surface area contributed by atoms with E-state index in [4.69, 9.17) is 10.5 Å². The summed E-state index contributed by atoms with van der Waals surface area (Å²) in [6.07, 6.45) is 1.77. The number of carbonyl (C=O) groups excluding carboxylic acids is 3. The second kappa shape index (κ2) is 12.2. The molecule has 0 aliphatic heterocycles. The third kappa shape index (κ3) is 6.73. The normalized spacial score (nSPS) is 11.5. The molecule has 41 heavy (non-hydrogen) atoms. The molecule has 0 radical (unpaired) electrons. The Hall–Kier alpha value is -4.68. The van der Waals surface area contributed by atoms with Gasteiger partial charge in [-0.3, -0.25) is 9.59 Å². The second-order valence-electron chi connectivity index (χ2n) is 10.5. The summed E-state index contributed by atoms with van der Waals surface area (Å²) in [5.74, 6) is 0.293. The Labute approximate surface area is 237 Å². The van der Waals surface area contributed by atoms with Crippen LogP contribution in [0.5, 0.6) is 0 Å². The molecule has 0 bridgehead atoms. The molecule has 13 nitrogen and oxygen atoms in total. The van der Waals surface area contributed by atoms with Crippen molar-refractivity contribution >= 4 is 45.9 Å². The first kappa shape index (κ1) is 29.3. The van der Waals surface area contributed by atoms with Crippen molar-refractivity contribution in [1.82, 2.24) is 35.5 Å². The summed E-state index contributed by atoms with van der Waals surface area (Å²) in [5, 5.41) is 8.51. The predicted molar refractivity (Wildman–Crippen MR) is 154 cm³/mol. The molecule has 1 aromatic carbocycles. The van der Waals surface area contributed by atoms with Crippen LogP contribution in [0.4, 0.5) is 10.6 Å². The van der Waals surface area contributed by atoms with E-state index in [1.54, 1.807) is 39.1 Å². The van der Waals surface area contributed by atoms with Gasteiger partial charge in [0.2, 0.25) is 0 Å². The number of aryl methyl sites for hydroxylation is 2. The van der Waals surface area contributed by atoms with Crippen molar-refractivity contribution in [3.63, 3.8) is 0 Å². The van der Waals surface area contributed by atoms with Crippen LogP contribution in [0.3, 0.4) is 0 Å². The summed E-state index contributed by atoms with van der Waals surface area (Å²) >= 11 is 0. The van der Waals surface area contributed by atoms with Gasteiger partial charge < -0.3 is 31.4 Å². The van der Waals surface area contributed by atoms with Crippen LogP contribution < -0.4 is 26.3 Å². The third-order valence-electron chi connectivity index (χ3n) is 6.42. The van der Waals surface area contributed by atoms with Crippen LogP contribution in [0, 0.1) is 0 Å². The lowest BCUT2D eigenvalue weighted by atomic mass is 10.2. The van der Waals surface area contributed by atoms with E-state index in [1.165, 1.54) is 0 Å². The smallest absolute Gasteiger partial charge is 0.407 e. The molecule has 3 amide bonds. The highest BCUT2D eigenvalue weighted by atomic mass is 16.6. The van der Waals surface area contributed by atoms with Gasteiger partial charge >= 0.3 is 6.09 Å². The lowest BCUT2D eigenvalue weighted by Gasteiger charge is -2.19. The fraction of sp³-hybridized carbons (Fsp3) is 0.429. The highest BCUT2D eigenvalue weighted by Gasteiger charge is 2.26. The van der Waals surface area contributed by atoms with E-state index in [1.807, 2.05) is 26.0 Å². The number of nitrogens with two attached hydrogens (primary N) is 1. The molecule has 0 fully saturated rings. The molecule has 0 atom stereocenters. The number of nitrogen functional groups attached to an aromatic ring is 1. The van der Waals surface area contributed by atoms with E-state index in [9.17, 15) is 14.4 Å². The van der Waals surface area contributed by atoms with E-state index in [0.717, 1.165) is 16.9 Å². The van der Waals surface area contributed by atoms with Crippen LogP contribution in [0.1, 0.15) is 67.7 Å². The Kier molecular flexibility index (Phi) is 8.74. The summed E-state index contributed by atoms with van der Waals surface area (Å²) in [6, 6.07) is 7.28. The Morgan fingerprint density at radius 1 is 1.05 bits per heavy atom. The average Bonchev–Trinajstić information content (AvgIpc) is 3.50. The molecule has 6 N–H and O–H groups in total. The van der Waals surface area contributed by atoms with Crippen LogP contribution >= 0.6 is 0 Å². The van der Waals surface area contributed by atoms with Gasteiger partial charge in [0, 0.05) is 30.9 Å². The van der Waals surface area contributed by atoms with Gasteiger partial charge in [-0.2, -0.15) is 0 Å². The van der Waals surface area contributed by atoms with Crippen molar-refractivity contribution < 1.29 is 23.7 Å². The van der Waals surface area contributed by atoms with E-state index in [2.05, 4.69) is 40.0 Å². The maximum atomic E-state index is 13.0. The highest BCUT2D eigenvalue weighted by molar-refractivity contribution is 5.98. The van der Waals surface area contributed by atoms with E-state index < -0.39 is 17.6 Å². The molecule has 4 aromatic rings. The fourth-order valence-electron chi connectivity index (χ4n) is 4.62. The number of ether oxygens (including phenoxy) is 1. The number of imidazole rings is 1. The molecular weight excluding hydrogens is 526 g/mol. The summed E-state index contributed by atoms with van der Waals surface area (Å²) in [4.78, 5) is 49.2. The van der Waals surface area contributed by atoms with Crippen molar-refractivity contribution in [2.24, 2.45) is 0 Å². The minimum atomic E-state index is -0.561. The summed E-state index contributed by atoms with van der Waals surface area (Å²) in [5.41, 5.74) is 8.93. The molecule has 0 saturated carbocycles. The minimum Gasteiger partial charge on any atom is -0.444 e. The lowest BCUT2D eigenvalue weighted by Crippen LogP contribution is -2.40. The number of fused-ring (bicyclic) bond motifs is 2. The highest BCUT2D eigenvalue weighted by Crippen LogP contribution is 2.18. The largest absolute Gasteiger partial charge is 0.444 e. The van der Waals surface area contributed by atoms with Crippen molar-refractivity contribution in [2.45, 2.75) is 66.3 Å². The zero-order chi connectivity index (χ0) is 29.7. The zero-order valence-corrected chi connectivity index (χ0v) is 24.1. The maximum absolute atomic E-state index is 13.0. The maximum Gasteiger partial charge on any atom is 0.407 e. The SMILES string of the molecule is CCn1c(CNC(=O)c2nc3cc[nH]c3nc2N)[n+](CC)c2ccc(C(=O)NCCCNC(=O)OC(C)(C)C)cc21. The molecule has 0 unspecified atom stereocenters. The van der Waals surface area contributed by atoms with Gasteiger partial charge in [-0.25, -0.2) is 23.9 Å². The second-order valence-corrected chi connectivity index (χ2v) is 10.5. The van der Waals surface area contributed by atoms with Gasteiger partial charge in [-0.1, -0.05) is 0 Å². The number of aromatic nitrogens is 5. The van der Waals surface area contributed by atoms with Gasteiger partial charge in [-0.15, -0.1) is 0 Å². The van der Waals surface area contributed by atoms with Gasteiger partial charge in [0.1, 0.15) is 17.7 Å². The van der Waals surface area contributed by atoms with Crippen LogP contribution in [0.2, 0.25) is 0 Å². The number of H-pyrrole nitrogens is 1. The number of amides is 3. The zero-order valence-electron chi connectivity index (χ0n) is 24.1. The predicted octanol–water partition coefficient (Wildman–Crippen LogP) is 2.40. The topological polar surface area (TPSA) is 173 Å². The van der Waals surface area contributed by atoms with Crippen LogP contribution in [0.25, 0.3) is 22.2 Å². The number of hydrogen-bond acceptors (Lipinski definition) is 7.